The number of fused-ring (bicyclic) bond motifs is 1. The summed E-state index contributed by atoms with van der Waals surface area (Å²) in [5.41, 5.74) is 0.320. The minimum Gasteiger partial charge on any atom is -0.484 e. The molecule has 0 saturated heterocycles. The van der Waals surface area contributed by atoms with Crippen LogP contribution in [0.2, 0.25) is 0 Å². The third-order valence-corrected chi connectivity index (χ3v) is 5.77. The van der Waals surface area contributed by atoms with Gasteiger partial charge in [-0.05, 0) is 44.2 Å². The molecule has 1 aromatic heterocycles. The van der Waals surface area contributed by atoms with Crippen molar-refractivity contribution in [3.63, 3.8) is 0 Å². The van der Waals surface area contributed by atoms with E-state index in [0.717, 1.165) is 48.2 Å². The molecule has 1 amide bonds. The molecule has 0 radical (unpaired) electrons. The van der Waals surface area contributed by atoms with Crippen molar-refractivity contribution in [2.24, 2.45) is 0 Å². The Kier molecular flexibility index (Phi) is 6.91. The molecule has 30 heavy (non-hydrogen) atoms. The zero-order valence-corrected chi connectivity index (χ0v) is 16.8. The fourth-order valence-electron chi connectivity index (χ4n) is 3.16. The smallest absolute Gasteiger partial charge is 0.422 e. The first-order chi connectivity index (χ1) is 14.2. The fourth-order valence-corrected chi connectivity index (χ4v) is 4.36. The maximum atomic E-state index is 12.4. The number of nitrogens with zero attached hydrogens (tertiary/aromatic N) is 2. The monoisotopic (exact) mass is 443 g/mol. The number of aryl methyl sites for hydroxylation is 3. The summed E-state index contributed by atoms with van der Waals surface area (Å²) in [6.45, 7) is -1.29. The second-order valence-electron chi connectivity index (χ2n) is 6.88. The second kappa shape index (κ2) is 9.41. The number of aromatic nitrogens is 1. The average Bonchev–Trinajstić information content (AvgIpc) is 3.11. The van der Waals surface area contributed by atoms with Crippen LogP contribution in [-0.2, 0) is 19.3 Å². The zero-order chi connectivity index (χ0) is 21.7. The first-order valence-corrected chi connectivity index (χ1v) is 10.3. The fraction of sp³-hybridized carbons (Fsp3) is 0.474. The molecule has 0 unspecified atom stereocenters. The minimum absolute atomic E-state index is 0.258. The number of carbonyl (C=O) groups excluding carboxylic acids is 1. The molecular formula is C19H20F3N3O4S. The van der Waals surface area contributed by atoms with Gasteiger partial charge in [-0.1, -0.05) is 0 Å². The highest BCUT2D eigenvalue weighted by Gasteiger charge is 2.29. The van der Waals surface area contributed by atoms with Crippen LogP contribution in [0.4, 0.5) is 18.9 Å². The summed E-state index contributed by atoms with van der Waals surface area (Å²) >= 11 is 1.68. The lowest BCUT2D eigenvalue weighted by Gasteiger charge is -2.11. The lowest BCUT2D eigenvalue weighted by Crippen LogP contribution is -2.26. The number of amides is 1. The van der Waals surface area contributed by atoms with Crippen molar-refractivity contribution in [3.05, 3.63) is 49.5 Å². The molecule has 2 aromatic rings. The maximum absolute atomic E-state index is 12.4. The van der Waals surface area contributed by atoms with Gasteiger partial charge < -0.3 is 10.1 Å². The number of rotatable bonds is 8. The van der Waals surface area contributed by atoms with E-state index in [2.05, 4.69) is 15.0 Å². The predicted octanol–water partition coefficient (Wildman–Crippen LogP) is 4.23. The topological polar surface area (TPSA) is 94.4 Å². The summed E-state index contributed by atoms with van der Waals surface area (Å²) in [6.07, 6.45) is 1.09. The molecule has 7 nitrogen and oxygen atoms in total. The molecule has 0 aliphatic heterocycles. The van der Waals surface area contributed by atoms with Crippen molar-refractivity contribution in [2.75, 3.05) is 13.2 Å². The van der Waals surface area contributed by atoms with Gasteiger partial charge in [-0.2, -0.15) is 13.2 Å². The summed E-state index contributed by atoms with van der Waals surface area (Å²) in [4.78, 5) is 28.7. The molecule has 0 fully saturated rings. The molecule has 0 atom stereocenters. The molecule has 1 aliphatic carbocycles. The lowest BCUT2D eigenvalue weighted by molar-refractivity contribution is -0.385. The van der Waals surface area contributed by atoms with Crippen molar-refractivity contribution < 1.29 is 27.6 Å². The molecule has 1 aromatic carbocycles. The number of nitrogens with one attached hydrogen (secondary N) is 1. The number of alkyl halides is 3. The molecule has 1 heterocycles. The molecule has 0 bridgehead atoms. The molecule has 162 valence electrons. The van der Waals surface area contributed by atoms with Crippen LogP contribution in [0.5, 0.6) is 5.75 Å². The van der Waals surface area contributed by atoms with E-state index in [0.29, 0.717) is 12.8 Å². The molecule has 11 heteroatoms. The summed E-state index contributed by atoms with van der Waals surface area (Å²) in [6, 6.07) is 2.94. The average molecular weight is 443 g/mol. The Labute approximate surface area is 174 Å². The third kappa shape index (κ3) is 5.91. The van der Waals surface area contributed by atoms with Gasteiger partial charge in [0.2, 0.25) is 0 Å². The third-order valence-electron chi connectivity index (χ3n) is 4.55. The first-order valence-electron chi connectivity index (χ1n) is 9.46. The van der Waals surface area contributed by atoms with Gasteiger partial charge in [0.15, 0.2) is 6.61 Å². The summed E-state index contributed by atoms with van der Waals surface area (Å²) < 4.78 is 41.5. The number of thiazole rings is 1. The predicted molar refractivity (Wildman–Crippen MR) is 104 cm³/mol. The van der Waals surface area contributed by atoms with E-state index < -0.39 is 29.3 Å². The molecule has 0 saturated carbocycles. The number of halogens is 3. The quantitative estimate of drug-likeness (QED) is 0.374. The Morgan fingerprint density at radius 1 is 1.30 bits per heavy atom. The number of nitro groups is 1. The van der Waals surface area contributed by atoms with Crippen LogP contribution in [0, 0.1) is 10.1 Å². The number of hydrogen-bond acceptors (Lipinski definition) is 6. The van der Waals surface area contributed by atoms with Crippen LogP contribution in [0.3, 0.4) is 0 Å². The van der Waals surface area contributed by atoms with Gasteiger partial charge >= 0.3 is 6.18 Å². The van der Waals surface area contributed by atoms with Crippen molar-refractivity contribution in [1.29, 1.82) is 0 Å². The Hall–Kier alpha value is -2.69. The van der Waals surface area contributed by atoms with Gasteiger partial charge in [0, 0.05) is 23.9 Å². The highest BCUT2D eigenvalue weighted by Crippen LogP contribution is 2.28. The Balaban J connectivity index is 1.57. The van der Waals surface area contributed by atoms with Crippen molar-refractivity contribution in [2.45, 2.75) is 44.7 Å². The number of carbonyl (C=O) groups is 1. The van der Waals surface area contributed by atoms with Gasteiger partial charge in [0.25, 0.3) is 11.6 Å². The van der Waals surface area contributed by atoms with Crippen molar-refractivity contribution >= 4 is 22.9 Å². The van der Waals surface area contributed by atoms with Crippen molar-refractivity contribution in [1.82, 2.24) is 10.3 Å². The van der Waals surface area contributed by atoms with E-state index in [4.69, 9.17) is 0 Å². The summed E-state index contributed by atoms with van der Waals surface area (Å²) in [7, 11) is 0. The number of hydrogen-bond donors (Lipinski definition) is 1. The zero-order valence-electron chi connectivity index (χ0n) is 16.0. The summed E-state index contributed by atoms with van der Waals surface area (Å²) in [5, 5.41) is 14.7. The van der Waals surface area contributed by atoms with Crippen LogP contribution < -0.4 is 10.1 Å². The standard InChI is InChI=1S/C19H20F3N3O4S/c20-19(21,22)11-29-12-7-8-15(25(27)28)13(10-12)18(26)23-9-3-6-17-24-14-4-1-2-5-16(14)30-17/h7-8,10H,1-6,9,11H2,(H,23,26). The van der Waals surface area contributed by atoms with Crippen LogP contribution in [0.25, 0.3) is 0 Å². The van der Waals surface area contributed by atoms with E-state index in [9.17, 15) is 28.1 Å². The lowest BCUT2D eigenvalue weighted by atomic mass is 10.0. The van der Waals surface area contributed by atoms with Gasteiger partial charge in [0.1, 0.15) is 11.3 Å². The number of nitro benzene ring substituents is 1. The Morgan fingerprint density at radius 3 is 2.77 bits per heavy atom. The normalized spacial score (nSPS) is 13.6. The van der Waals surface area contributed by atoms with Crippen LogP contribution in [0.15, 0.2) is 18.2 Å². The van der Waals surface area contributed by atoms with Gasteiger partial charge in [-0.15, -0.1) is 11.3 Å². The highest BCUT2D eigenvalue weighted by molar-refractivity contribution is 7.11. The largest absolute Gasteiger partial charge is 0.484 e. The molecule has 3 rings (SSSR count). The number of ether oxygens (including phenoxy) is 1. The van der Waals surface area contributed by atoms with E-state index in [1.165, 1.54) is 11.3 Å². The first kappa shape index (κ1) is 22.0. The van der Waals surface area contributed by atoms with Crippen LogP contribution >= 0.6 is 11.3 Å². The van der Waals surface area contributed by atoms with Gasteiger partial charge in [-0.25, -0.2) is 4.98 Å². The van der Waals surface area contributed by atoms with Gasteiger partial charge in [0.05, 0.1) is 15.6 Å². The SMILES string of the molecule is O=C(NCCCc1nc2c(s1)CCCC2)c1cc(OCC(F)(F)F)ccc1[N+](=O)[O-]. The molecule has 0 spiro atoms. The Morgan fingerprint density at radius 2 is 2.07 bits per heavy atom. The minimum atomic E-state index is -4.56. The second-order valence-corrected chi connectivity index (χ2v) is 8.05. The highest BCUT2D eigenvalue weighted by atomic mass is 32.1. The van der Waals surface area contributed by atoms with Crippen LogP contribution in [-0.4, -0.2) is 35.1 Å². The molecule has 1 aliphatic rings. The van der Waals surface area contributed by atoms with Crippen LogP contribution in [0.1, 0.15) is 45.2 Å². The molecular weight excluding hydrogens is 423 g/mol. The number of benzene rings is 1. The van der Waals surface area contributed by atoms with E-state index in [1.54, 1.807) is 11.3 Å². The maximum Gasteiger partial charge on any atom is 0.422 e. The van der Waals surface area contributed by atoms with E-state index in [1.807, 2.05) is 0 Å². The van der Waals surface area contributed by atoms with Gasteiger partial charge in [-0.3, -0.25) is 14.9 Å². The van der Waals surface area contributed by atoms with E-state index >= 15 is 0 Å². The molecule has 1 N–H and O–H groups in total. The van der Waals surface area contributed by atoms with E-state index in [-0.39, 0.29) is 17.9 Å². The summed E-state index contributed by atoms with van der Waals surface area (Å²) in [5.74, 6) is -1.01. The Bertz CT molecular complexity index is 907. The van der Waals surface area contributed by atoms with Crippen molar-refractivity contribution in [3.8, 4) is 5.75 Å².